The second-order valence-electron chi connectivity index (χ2n) is 6.46. The lowest BCUT2D eigenvalue weighted by Gasteiger charge is -2.10. The van der Waals surface area contributed by atoms with Gasteiger partial charge < -0.3 is 14.4 Å². The molecule has 12 nitrogen and oxygen atoms in total. The second-order valence-corrected chi connectivity index (χ2v) is 10.8. The number of esters is 1. The fourth-order valence-electron chi connectivity index (χ4n) is 2.09. The van der Waals surface area contributed by atoms with Gasteiger partial charge in [0.1, 0.15) is 6.61 Å². The van der Waals surface area contributed by atoms with Gasteiger partial charge in [-0.2, -0.15) is 8.42 Å². The smallest absolute Gasteiger partial charge is 0.338 e. The Morgan fingerprint density at radius 2 is 1.94 bits per heavy atom. The van der Waals surface area contributed by atoms with Crippen LogP contribution in [0.2, 0.25) is 0 Å². The van der Waals surface area contributed by atoms with Crippen molar-refractivity contribution in [1.82, 2.24) is 14.7 Å². The van der Waals surface area contributed by atoms with Crippen molar-refractivity contribution in [2.24, 2.45) is 16.6 Å². The zero-order valence-electron chi connectivity index (χ0n) is 17.1. The lowest BCUT2D eigenvalue weighted by atomic mass is 10.2. The molecule has 1 aromatic carbocycles. The molecule has 31 heavy (non-hydrogen) atoms. The Morgan fingerprint density at radius 1 is 1.23 bits per heavy atom. The number of carbonyl (C=O) groups excluding carboxylic acids is 1. The quantitative estimate of drug-likeness (QED) is 0.328. The maximum Gasteiger partial charge on any atom is 0.338 e. The first-order valence-electron chi connectivity index (χ1n) is 8.78. The number of nitrogens with zero attached hydrogens (tertiary/aromatic N) is 4. The van der Waals surface area contributed by atoms with Crippen LogP contribution in [0.4, 0.5) is 0 Å². The van der Waals surface area contributed by atoms with Gasteiger partial charge in [-0.3, -0.25) is 0 Å². The zero-order valence-corrected chi connectivity index (χ0v) is 19.5. The molecule has 0 aliphatic heterocycles. The van der Waals surface area contributed by atoms with E-state index in [0.29, 0.717) is 17.9 Å². The molecule has 0 aliphatic carbocycles. The number of ether oxygens (including phenoxy) is 2. The number of likely N-dealkylation sites (N-methyl/N-ethyl adjacent to an activating group) is 1. The molecule has 0 radical (unpaired) electrons. The maximum absolute atomic E-state index is 12.6. The van der Waals surface area contributed by atoms with Gasteiger partial charge in [0.15, 0.2) is 0 Å². The molecule has 0 saturated carbocycles. The summed E-state index contributed by atoms with van der Waals surface area (Å²) in [5.74, 6) is -0.715. The van der Waals surface area contributed by atoms with Gasteiger partial charge in [0.2, 0.25) is 9.14 Å². The van der Waals surface area contributed by atoms with E-state index >= 15 is 0 Å². The molecule has 0 amide bonds. The molecule has 0 bridgehead atoms. The molecule has 2 aromatic rings. The third-order valence-corrected chi connectivity index (χ3v) is 7.33. The van der Waals surface area contributed by atoms with Crippen LogP contribution in [0.15, 0.2) is 37.9 Å². The molecule has 1 heterocycles. The molecule has 2 N–H and O–H groups in total. The standard InChI is InChI=1S/C16H23N5O7S3/c1-20(2)7-8-27-9-10-28-14(22)12-5-4-6-13(11-12)31(25,26)19-15-21(3)18-16(29-15)30(17,23)24/h4-6,11H,7-10H2,1-3H3,(H2,17,23,24). The minimum Gasteiger partial charge on any atom is -0.460 e. The highest BCUT2D eigenvalue weighted by atomic mass is 32.2. The number of rotatable bonds is 10. The Labute approximate surface area is 184 Å². The molecule has 0 spiro atoms. The Morgan fingerprint density at radius 3 is 2.55 bits per heavy atom. The Hall–Kier alpha value is -2.17. The number of aromatic nitrogens is 2. The van der Waals surface area contributed by atoms with Crippen molar-refractivity contribution in [2.45, 2.75) is 9.24 Å². The van der Waals surface area contributed by atoms with E-state index in [0.717, 1.165) is 17.3 Å². The topological polar surface area (TPSA) is 163 Å². The third-order valence-electron chi connectivity index (χ3n) is 3.64. The van der Waals surface area contributed by atoms with E-state index in [1.807, 2.05) is 19.0 Å². The van der Waals surface area contributed by atoms with E-state index < -0.39 is 30.4 Å². The van der Waals surface area contributed by atoms with Gasteiger partial charge in [0.05, 0.1) is 23.7 Å². The highest BCUT2D eigenvalue weighted by Crippen LogP contribution is 2.15. The van der Waals surface area contributed by atoms with Gasteiger partial charge in [0.25, 0.3) is 20.0 Å². The molecule has 15 heteroatoms. The summed E-state index contributed by atoms with van der Waals surface area (Å²) in [5.41, 5.74) is 0.0171. The summed E-state index contributed by atoms with van der Waals surface area (Å²) in [7, 11) is -3.22. The SMILES string of the molecule is CN(C)CCOCCOC(=O)c1cccc(S(=O)(=O)N=c2sc(S(N)(=O)=O)nn2C)c1. The van der Waals surface area contributed by atoms with E-state index in [4.69, 9.17) is 14.6 Å². The van der Waals surface area contributed by atoms with Crippen LogP contribution in [0.25, 0.3) is 0 Å². The van der Waals surface area contributed by atoms with Crippen molar-refractivity contribution < 1.29 is 31.1 Å². The lowest BCUT2D eigenvalue weighted by Crippen LogP contribution is -2.19. The number of aryl methyl sites for hydroxylation is 1. The summed E-state index contributed by atoms with van der Waals surface area (Å²) in [6.45, 7) is 1.44. The van der Waals surface area contributed by atoms with Crippen molar-refractivity contribution >= 4 is 37.4 Å². The molecule has 0 unspecified atom stereocenters. The fourth-order valence-corrected chi connectivity index (χ4v) is 4.90. The Balaban J connectivity index is 2.13. The Kier molecular flexibility index (Phi) is 8.44. The average Bonchev–Trinajstić information content (AvgIpc) is 3.04. The average molecular weight is 494 g/mol. The monoisotopic (exact) mass is 493 g/mol. The van der Waals surface area contributed by atoms with Crippen LogP contribution in [0.1, 0.15) is 10.4 Å². The van der Waals surface area contributed by atoms with Gasteiger partial charge in [0, 0.05) is 13.6 Å². The second kappa shape index (κ2) is 10.4. The number of nitrogens with two attached hydrogens (primary N) is 1. The summed E-state index contributed by atoms with van der Waals surface area (Å²) < 4.78 is 62.5. The van der Waals surface area contributed by atoms with Gasteiger partial charge in [-0.1, -0.05) is 17.4 Å². The van der Waals surface area contributed by atoms with Crippen molar-refractivity contribution in [1.29, 1.82) is 0 Å². The predicted molar refractivity (Wildman–Crippen MR) is 111 cm³/mol. The van der Waals surface area contributed by atoms with Crippen LogP contribution in [0, 0.1) is 0 Å². The molecule has 172 valence electrons. The molecule has 1 aromatic heterocycles. The third kappa shape index (κ3) is 7.48. The number of hydrogen-bond acceptors (Lipinski definition) is 10. The lowest BCUT2D eigenvalue weighted by molar-refractivity contribution is 0.0298. The van der Waals surface area contributed by atoms with Gasteiger partial charge in [-0.05, 0) is 32.3 Å². The maximum atomic E-state index is 12.6. The minimum atomic E-state index is -4.26. The summed E-state index contributed by atoms with van der Waals surface area (Å²) in [6.07, 6.45) is 0. The van der Waals surface area contributed by atoms with E-state index in [2.05, 4.69) is 9.50 Å². The van der Waals surface area contributed by atoms with Crippen LogP contribution < -0.4 is 9.94 Å². The first kappa shape index (κ1) is 25.1. The molecule has 0 aliphatic rings. The van der Waals surface area contributed by atoms with E-state index in [1.165, 1.54) is 25.2 Å². The molecule has 0 saturated heterocycles. The summed E-state index contributed by atoms with van der Waals surface area (Å²) >= 11 is 0.502. The summed E-state index contributed by atoms with van der Waals surface area (Å²) in [5, 5.41) is 8.65. The number of sulfonamides is 2. The van der Waals surface area contributed by atoms with Crippen LogP contribution in [-0.2, 0) is 36.6 Å². The molecule has 0 atom stereocenters. The van der Waals surface area contributed by atoms with Gasteiger partial charge in [-0.25, -0.2) is 23.0 Å². The van der Waals surface area contributed by atoms with Crippen LogP contribution in [-0.4, -0.2) is 77.9 Å². The van der Waals surface area contributed by atoms with Crippen LogP contribution >= 0.6 is 11.3 Å². The number of benzene rings is 1. The van der Waals surface area contributed by atoms with Crippen LogP contribution in [0.5, 0.6) is 0 Å². The van der Waals surface area contributed by atoms with E-state index in [1.54, 1.807) is 0 Å². The fraction of sp³-hybridized carbons (Fsp3) is 0.438. The normalized spacial score (nSPS) is 13.0. The Bertz CT molecular complexity index is 1200. The van der Waals surface area contributed by atoms with Gasteiger partial charge in [-0.15, -0.1) is 9.50 Å². The first-order chi connectivity index (χ1) is 14.4. The summed E-state index contributed by atoms with van der Waals surface area (Å²) in [4.78, 5) is 13.7. The highest BCUT2D eigenvalue weighted by Gasteiger charge is 2.19. The van der Waals surface area contributed by atoms with Crippen LogP contribution in [0.3, 0.4) is 0 Å². The predicted octanol–water partition coefficient (Wildman–Crippen LogP) is -0.846. The van der Waals surface area contributed by atoms with Crippen molar-refractivity contribution in [2.75, 3.05) is 40.5 Å². The molecular formula is C16H23N5O7S3. The van der Waals surface area contributed by atoms with Crippen molar-refractivity contribution in [3.8, 4) is 0 Å². The molecular weight excluding hydrogens is 470 g/mol. The zero-order chi connectivity index (χ0) is 23.2. The number of primary sulfonamides is 1. The minimum absolute atomic E-state index is 0.0145. The summed E-state index contributed by atoms with van der Waals surface area (Å²) in [6, 6.07) is 5.15. The number of carbonyl (C=O) groups is 1. The van der Waals surface area contributed by atoms with Gasteiger partial charge >= 0.3 is 5.97 Å². The van der Waals surface area contributed by atoms with Crippen molar-refractivity contribution in [3.05, 3.63) is 34.6 Å². The molecule has 0 fully saturated rings. The van der Waals surface area contributed by atoms with E-state index in [9.17, 15) is 21.6 Å². The number of hydrogen-bond donors (Lipinski definition) is 1. The van der Waals surface area contributed by atoms with E-state index in [-0.39, 0.29) is 28.5 Å². The first-order valence-corrected chi connectivity index (χ1v) is 12.6. The molecule has 2 rings (SSSR count). The largest absolute Gasteiger partial charge is 0.460 e. The highest BCUT2D eigenvalue weighted by molar-refractivity contribution is 7.91. The van der Waals surface area contributed by atoms with Crippen molar-refractivity contribution in [3.63, 3.8) is 0 Å².